The van der Waals surface area contributed by atoms with Gasteiger partial charge in [0.05, 0.1) is 34.2 Å². The van der Waals surface area contributed by atoms with Crippen molar-refractivity contribution in [1.82, 2.24) is 9.97 Å². The van der Waals surface area contributed by atoms with Gasteiger partial charge in [-0.25, -0.2) is 14.0 Å². The van der Waals surface area contributed by atoms with Crippen molar-refractivity contribution in [2.75, 3.05) is 18.7 Å². The molecule has 2 aromatic carbocycles. The predicted octanol–water partition coefficient (Wildman–Crippen LogP) is 7.08. The van der Waals surface area contributed by atoms with E-state index in [1.165, 1.54) is 25.5 Å². The topological polar surface area (TPSA) is 153 Å². The van der Waals surface area contributed by atoms with Gasteiger partial charge in [-0.1, -0.05) is 12.1 Å². The molecule has 232 valence electrons. The van der Waals surface area contributed by atoms with Crippen LogP contribution in [0.4, 0.5) is 10.5 Å². The van der Waals surface area contributed by atoms with Crippen LogP contribution in [-0.4, -0.2) is 45.1 Å². The molecule has 4 aromatic rings. The maximum Gasteiger partial charge on any atom is 0.442 e. The van der Waals surface area contributed by atoms with Crippen LogP contribution in [0.15, 0.2) is 76.2 Å². The number of hydrogen-bond acceptors (Lipinski definition) is 9. The van der Waals surface area contributed by atoms with E-state index in [0.717, 1.165) is 5.56 Å². The van der Waals surface area contributed by atoms with Crippen molar-refractivity contribution in [3.63, 3.8) is 0 Å². The Morgan fingerprint density at radius 3 is 2.40 bits per heavy atom. The van der Waals surface area contributed by atoms with Crippen molar-refractivity contribution in [2.45, 2.75) is 45.1 Å². The second-order valence-electron chi connectivity index (χ2n) is 11.1. The molecule has 2 aromatic heterocycles. The van der Waals surface area contributed by atoms with Gasteiger partial charge >= 0.3 is 6.09 Å². The number of methoxy groups -OCH3 is 1. The first-order valence-electron chi connectivity index (χ1n) is 13.8. The van der Waals surface area contributed by atoms with Crippen LogP contribution in [0.25, 0.3) is 11.3 Å². The zero-order valence-electron chi connectivity index (χ0n) is 26.0. The van der Waals surface area contributed by atoms with Crippen LogP contribution in [0.5, 0.6) is 17.4 Å². The molecule has 2 amide bonds. The minimum atomic E-state index is -3.20. The Morgan fingerprint density at radius 1 is 1.00 bits per heavy atom. The van der Waals surface area contributed by atoms with Crippen molar-refractivity contribution in [2.24, 2.45) is 4.36 Å². The number of aryl methyl sites for hydroxylation is 1. The average Bonchev–Trinajstić information content (AvgIpc) is 2.97. The van der Waals surface area contributed by atoms with E-state index < -0.39 is 27.3 Å². The second-order valence-corrected chi connectivity index (χ2v) is 13.4. The van der Waals surface area contributed by atoms with E-state index in [-0.39, 0.29) is 27.8 Å². The van der Waals surface area contributed by atoms with Crippen molar-refractivity contribution < 1.29 is 28.0 Å². The lowest BCUT2D eigenvalue weighted by molar-refractivity contribution is 0.0607. The molecule has 0 aliphatic carbocycles. The zero-order valence-corrected chi connectivity index (χ0v) is 26.8. The summed E-state index contributed by atoms with van der Waals surface area (Å²) in [6, 6.07) is 16.7. The lowest BCUT2D eigenvalue weighted by atomic mass is 10.0. The molecule has 45 heavy (non-hydrogen) atoms. The van der Waals surface area contributed by atoms with Crippen molar-refractivity contribution in [3.8, 4) is 34.7 Å². The van der Waals surface area contributed by atoms with Crippen molar-refractivity contribution in [3.05, 3.63) is 89.2 Å². The minimum absolute atomic E-state index is 0.0146. The minimum Gasteiger partial charge on any atom is -0.493 e. The molecular formula is C33H33N5O6S. The summed E-state index contributed by atoms with van der Waals surface area (Å²) in [5, 5.41) is 12.1. The predicted molar refractivity (Wildman–Crippen MR) is 170 cm³/mol. The molecule has 0 fully saturated rings. The fourth-order valence-electron chi connectivity index (χ4n) is 4.21. The molecule has 1 N–H and O–H groups in total. The van der Waals surface area contributed by atoms with Gasteiger partial charge in [0, 0.05) is 40.9 Å². The summed E-state index contributed by atoms with van der Waals surface area (Å²) < 4.78 is 33.9. The fraction of sp³-hybridized carbons (Fsp3) is 0.242. The number of amides is 2. The molecular weight excluding hydrogens is 594 g/mol. The summed E-state index contributed by atoms with van der Waals surface area (Å²) >= 11 is 0. The van der Waals surface area contributed by atoms with Crippen LogP contribution in [0.2, 0.25) is 0 Å². The molecule has 0 aliphatic rings. The van der Waals surface area contributed by atoms with Gasteiger partial charge in [-0.2, -0.15) is 5.26 Å². The van der Waals surface area contributed by atoms with Crippen LogP contribution in [0.1, 0.15) is 47.8 Å². The van der Waals surface area contributed by atoms with Crippen LogP contribution in [0.3, 0.4) is 0 Å². The van der Waals surface area contributed by atoms with Crippen LogP contribution in [0, 0.1) is 25.2 Å². The van der Waals surface area contributed by atoms with E-state index in [1.54, 1.807) is 70.4 Å². The summed E-state index contributed by atoms with van der Waals surface area (Å²) in [6.07, 6.45) is 3.66. The van der Waals surface area contributed by atoms with E-state index in [4.69, 9.17) is 14.2 Å². The zero-order chi connectivity index (χ0) is 32.9. The summed E-state index contributed by atoms with van der Waals surface area (Å²) in [4.78, 5) is 35.4. The van der Waals surface area contributed by atoms with Gasteiger partial charge in [0.2, 0.25) is 5.88 Å². The average molecular weight is 628 g/mol. The largest absolute Gasteiger partial charge is 0.493 e. The summed E-state index contributed by atoms with van der Waals surface area (Å²) in [7, 11) is -1.76. The van der Waals surface area contributed by atoms with Crippen LogP contribution >= 0.6 is 0 Å². The molecule has 0 saturated carbocycles. The number of benzene rings is 2. The molecule has 0 radical (unpaired) electrons. The first-order chi connectivity index (χ1) is 21.2. The highest BCUT2D eigenvalue weighted by molar-refractivity contribution is 7.93. The van der Waals surface area contributed by atoms with E-state index >= 15 is 0 Å². The Labute approximate surface area is 262 Å². The molecule has 0 aliphatic heterocycles. The molecule has 1 atom stereocenters. The molecule has 0 spiro atoms. The van der Waals surface area contributed by atoms with Gasteiger partial charge in [0.25, 0.3) is 5.91 Å². The standard InChI is InChI=1S/C33H33N5O6S/c1-20-11-13-26(35-18-20)25-19-36-31(43-27-14-12-22(17-34)15-28(27)42-6)29(21(25)2)30(39)37-23-9-8-10-24(16-23)45(7,41)38-32(40)44-33(3,4)5/h8-16,18-19H,1-7H3,(H,37,39)/t45-/m1/s1. The first-order valence-corrected chi connectivity index (χ1v) is 15.7. The van der Waals surface area contributed by atoms with Crippen LogP contribution in [-0.2, 0) is 14.5 Å². The van der Waals surface area contributed by atoms with Crippen molar-refractivity contribution in [1.29, 1.82) is 5.26 Å². The molecule has 0 unspecified atom stereocenters. The van der Waals surface area contributed by atoms with E-state index in [1.807, 2.05) is 25.1 Å². The number of aromatic nitrogens is 2. The lowest BCUT2D eigenvalue weighted by Crippen LogP contribution is -2.22. The third kappa shape index (κ3) is 8.01. The normalized spacial score (nSPS) is 12.3. The van der Waals surface area contributed by atoms with E-state index in [9.17, 15) is 19.1 Å². The highest BCUT2D eigenvalue weighted by Crippen LogP contribution is 2.36. The van der Waals surface area contributed by atoms with E-state index in [2.05, 4.69) is 19.6 Å². The Hall–Kier alpha value is -5.28. The fourth-order valence-corrected chi connectivity index (χ4v) is 5.32. The Kier molecular flexibility index (Phi) is 9.54. The summed E-state index contributed by atoms with van der Waals surface area (Å²) in [6.45, 7) is 8.73. The van der Waals surface area contributed by atoms with Gasteiger partial charge in [-0.05, 0) is 82.1 Å². The number of carbonyl (C=O) groups is 2. The molecule has 11 nitrogen and oxygen atoms in total. The number of hydrogen-bond donors (Lipinski definition) is 1. The smallest absolute Gasteiger partial charge is 0.442 e. The number of anilines is 1. The Morgan fingerprint density at radius 2 is 1.76 bits per heavy atom. The Balaban J connectivity index is 1.76. The summed E-state index contributed by atoms with van der Waals surface area (Å²) in [5.41, 5.74) is 2.71. The maximum atomic E-state index is 13.9. The molecule has 4 rings (SSSR count). The van der Waals surface area contributed by atoms with E-state index in [0.29, 0.717) is 28.1 Å². The number of ether oxygens (including phenoxy) is 3. The van der Waals surface area contributed by atoms with Gasteiger partial charge in [-0.3, -0.25) is 9.78 Å². The number of carbonyl (C=O) groups excluding carboxylic acids is 2. The lowest BCUT2D eigenvalue weighted by Gasteiger charge is -2.18. The van der Waals surface area contributed by atoms with Gasteiger partial charge < -0.3 is 19.5 Å². The van der Waals surface area contributed by atoms with Gasteiger partial charge in [-0.15, -0.1) is 4.36 Å². The number of pyridine rings is 2. The molecule has 0 bridgehead atoms. The third-order valence-corrected chi connectivity index (χ3v) is 8.02. The quantitative estimate of drug-likeness (QED) is 0.226. The van der Waals surface area contributed by atoms with Crippen molar-refractivity contribution >= 4 is 27.4 Å². The van der Waals surface area contributed by atoms with Gasteiger partial charge in [0.15, 0.2) is 11.5 Å². The SMILES string of the molecule is COc1cc(C#N)ccc1Oc1ncc(-c2ccc(C)cn2)c(C)c1C(=O)Nc1cccc([S@@](C)(=O)=NC(=O)OC(C)(C)C)c1. The maximum absolute atomic E-state index is 13.9. The first kappa shape index (κ1) is 32.6. The van der Waals surface area contributed by atoms with Gasteiger partial charge in [0.1, 0.15) is 11.2 Å². The number of rotatable bonds is 7. The highest BCUT2D eigenvalue weighted by atomic mass is 32.2. The second kappa shape index (κ2) is 13.2. The van der Waals surface area contributed by atoms with Crippen LogP contribution < -0.4 is 14.8 Å². The monoisotopic (exact) mass is 627 g/mol. The number of nitrogens with one attached hydrogen (secondary N) is 1. The number of nitriles is 1. The summed E-state index contributed by atoms with van der Waals surface area (Å²) in [5.74, 6) is -0.0573. The number of nitrogens with zero attached hydrogens (tertiary/aromatic N) is 4. The molecule has 12 heteroatoms. The Bertz CT molecular complexity index is 1930. The molecule has 0 saturated heterocycles. The third-order valence-electron chi connectivity index (χ3n) is 6.39. The molecule has 2 heterocycles. The highest BCUT2D eigenvalue weighted by Gasteiger charge is 2.24.